The zero-order chi connectivity index (χ0) is 14.8. The van der Waals surface area contributed by atoms with Gasteiger partial charge >= 0.3 is 5.97 Å². The highest BCUT2D eigenvalue weighted by atomic mass is 32.1. The summed E-state index contributed by atoms with van der Waals surface area (Å²) in [6, 6.07) is 10.5. The standard InChI is InChI=1S/C17H19NO2S/c1-12-5-7-13(8-6-12)18(11-17(19)20)15-3-2-4-16-14(15)9-10-21-16/h5-10,15H,2-4,11H2,1H3,(H,19,20). The van der Waals surface area contributed by atoms with Crippen LogP contribution in [0.3, 0.4) is 0 Å². The minimum absolute atomic E-state index is 0.0447. The van der Waals surface area contributed by atoms with E-state index < -0.39 is 5.97 Å². The van der Waals surface area contributed by atoms with Gasteiger partial charge in [-0.2, -0.15) is 0 Å². The molecule has 2 aromatic rings. The van der Waals surface area contributed by atoms with E-state index in [2.05, 4.69) is 11.4 Å². The van der Waals surface area contributed by atoms with Crippen molar-refractivity contribution in [3.63, 3.8) is 0 Å². The van der Waals surface area contributed by atoms with Crippen molar-refractivity contribution >= 4 is 23.0 Å². The summed E-state index contributed by atoms with van der Waals surface area (Å²) in [5.74, 6) is -0.780. The lowest BCUT2D eigenvalue weighted by atomic mass is 9.92. The van der Waals surface area contributed by atoms with Crippen molar-refractivity contribution in [2.45, 2.75) is 32.2 Å². The highest BCUT2D eigenvalue weighted by Crippen LogP contribution is 2.39. The predicted octanol–water partition coefficient (Wildman–Crippen LogP) is 4.03. The summed E-state index contributed by atoms with van der Waals surface area (Å²) in [6.07, 6.45) is 3.27. The van der Waals surface area contributed by atoms with E-state index in [9.17, 15) is 9.90 Å². The van der Waals surface area contributed by atoms with Gasteiger partial charge in [0.05, 0.1) is 6.04 Å². The Morgan fingerprint density at radius 1 is 1.33 bits per heavy atom. The fraction of sp³-hybridized carbons (Fsp3) is 0.353. The quantitative estimate of drug-likeness (QED) is 0.927. The normalized spacial score (nSPS) is 17.3. The van der Waals surface area contributed by atoms with Crippen LogP contribution in [-0.2, 0) is 11.2 Å². The van der Waals surface area contributed by atoms with E-state index in [1.54, 1.807) is 11.3 Å². The Balaban J connectivity index is 1.97. The number of carboxylic acid groups (broad SMARTS) is 1. The molecule has 1 unspecified atom stereocenters. The summed E-state index contributed by atoms with van der Waals surface area (Å²) in [7, 11) is 0. The Kier molecular flexibility index (Phi) is 3.97. The Hall–Kier alpha value is -1.81. The number of carboxylic acids is 1. The van der Waals surface area contributed by atoms with Crippen molar-refractivity contribution in [2.75, 3.05) is 11.4 Å². The molecule has 0 bridgehead atoms. The summed E-state index contributed by atoms with van der Waals surface area (Å²) in [5.41, 5.74) is 3.49. The second-order valence-electron chi connectivity index (χ2n) is 5.56. The number of fused-ring (bicyclic) bond motifs is 1. The monoisotopic (exact) mass is 301 g/mol. The Labute approximate surface area is 128 Å². The average Bonchev–Trinajstić information content (AvgIpc) is 2.94. The smallest absolute Gasteiger partial charge is 0.323 e. The summed E-state index contributed by atoms with van der Waals surface area (Å²) in [5, 5.41) is 11.4. The number of benzene rings is 1. The van der Waals surface area contributed by atoms with Crippen molar-refractivity contribution in [2.24, 2.45) is 0 Å². The van der Waals surface area contributed by atoms with Gasteiger partial charge in [0.2, 0.25) is 0 Å². The molecule has 0 radical (unpaired) electrons. The van der Waals surface area contributed by atoms with Gasteiger partial charge in [-0.3, -0.25) is 4.79 Å². The van der Waals surface area contributed by atoms with Gasteiger partial charge in [0, 0.05) is 10.6 Å². The minimum atomic E-state index is -0.780. The summed E-state index contributed by atoms with van der Waals surface area (Å²) < 4.78 is 0. The maximum atomic E-state index is 11.3. The van der Waals surface area contributed by atoms with Crippen molar-refractivity contribution < 1.29 is 9.90 Å². The molecule has 1 atom stereocenters. The van der Waals surface area contributed by atoms with Crippen LogP contribution >= 0.6 is 11.3 Å². The van der Waals surface area contributed by atoms with Gasteiger partial charge in [0.1, 0.15) is 6.54 Å². The van der Waals surface area contributed by atoms with Gasteiger partial charge in [0.25, 0.3) is 0 Å². The molecule has 21 heavy (non-hydrogen) atoms. The lowest BCUT2D eigenvalue weighted by Crippen LogP contribution is -2.35. The number of nitrogens with zero attached hydrogens (tertiary/aromatic N) is 1. The molecule has 1 heterocycles. The zero-order valence-corrected chi connectivity index (χ0v) is 12.9. The largest absolute Gasteiger partial charge is 0.480 e. The predicted molar refractivity (Wildman–Crippen MR) is 86.2 cm³/mol. The number of rotatable bonds is 4. The highest BCUT2D eigenvalue weighted by Gasteiger charge is 2.28. The van der Waals surface area contributed by atoms with Gasteiger partial charge in [0.15, 0.2) is 0 Å². The Morgan fingerprint density at radius 3 is 2.81 bits per heavy atom. The fourth-order valence-corrected chi connectivity index (χ4v) is 4.03. The lowest BCUT2D eigenvalue weighted by molar-refractivity contribution is -0.135. The van der Waals surface area contributed by atoms with Crippen LogP contribution in [0.5, 0.6) is 0 Å². The molecule has 0 aliphatic heterocycles. The van der Waals surface area contributed by atoms with E-state index >= 15 is 0 Å². The third-order valence-electron chi connectivity index (χ3n) is 4.07. The van der Waals surface area contributed by atoms with E-state index in [1.165, 1.54) is 16.0 Å². The van der Waals surface area contributed by atoms with Crippen molar-refractivity contribution in [3.8, 4) is 0 Å². The molecule has 3 nitrogen and oxygen atoms in total. The number of carbonyl (C=O) groups is 1. The van der Waals surface area contributed by atoms with Crippen LogP contribution in [0.15, 0.2) is 35.7 Å². The zero-order valence-electron chi connectivity index (χ0n) is 12.1. The molecule has 1 aliphatic carbocycles. The first kappa shape index (κ1) is 14.1. The molecule has 1 N–H and O–H groups in total. The molecule has 0 amide bonds. The van der Waals surface area contributed by atoms with Crippen LogP contribution in [0.1, 0.15) is 34.9 Å². The van der Waals surface area contributed by atoms with Crippen molar-refractivity contribution in [1.29, 1.82) is 0 Å². The van der Waals surface area contributed by atoms with E-state index in [0.717, 1.165) is 24.9 Å². The molecular weight excluding hydrogens is 282 g/mol. The van der Waals surface area contributed by atoms with Crippen LogP contribution in [0.25, 0.3) is 0 Å². The van der Waals surface area contributed by atoms with E-state index in [-0.39, 0.29) is 12.6 Å². The number of aryl methyl sites for hydroxylation is 2. The highest BCUT2D eigenvalue weighted by molar-refractivity contribution is 7.10. The number of hydrogen-bond donors (Lipinski definition) is 1. The summed E-state index contributed by atoms with van der Waals surface area (Å²) >= 11 is 1.79. The van der Waals surface area contributed by atoms with Crippen molar-refractivity contribution in [1.82, 2.24) is 0 Å². The van der Waals surface area contributed by atoms with E-state index in [4.69, 9.17) is 0 Å². The fourth-order valence-electron chi connectivity index (χ4n) is 3.05. The molecule has 3 rings (SSSR count). The molecule has 1 aromatic carbocycles. The topological polar surface area (TPSA) is 40.5 Å². The minimum Gasteiger partial charge on any atom is -0.480 e. The molecule has 110 valence electrons. The summed E-state index contributed by atoms with van der Waals surface area (Å²) in [6.45, 7) is 2.09. The van der Waals surface area contributed by atoms with E-state index in [0.29, 0.717) is 0 Å². The van der Waals surface area contributed by atoms with Gasteiger partial charge in [-0.1, -0.05) is 17.7 Å². The first-order valence-corrected chi connectivity index (χ1v) is 8.14. The third-order valence-corrected chi connectivity index (χ3v) is 5.06. The molecule has 0 saturated heterocycles. The van der Waals surface area contributed by atoms with Crippen LogP contribution in [0.2, 0.25) is 0 Å². The van der Waals surface area contributed by atoms with Gasteiger partial charge in [-0.25, -0.2) is 0 Å². The van der Waals surface area contributed by atoms with Gasteiger partial charge < -0.3 is 10.0 Å². The maximum Gasteiger partial charge on any atom is 0.323 e. The molecular formula is C17H19NO2S. The third kappa shape index (κ3) is 2.95. The van der Waals surface area contributed by atoms with Gasteiger partial charge in [-0.15, -0.1) is 11.3 Å². The van der Waals surface area contributed by atoms with Crippen LogP contribution in [0, 0.1) is 6.92 Å². The number of hydrogen-bond acceptors (Lipinski definition) is 3. The maximum absolute atomic E-state index is 11.3. The Bertz CT molecular complexity index is 632. The summed E-state index contributed by atoms with van der Waals surface area (Å²) in [4.78, 5) is 14.7. The lowest BCUT2D eigenvalue weighted by Gasteiger charge is -2.35. The molecule has 0 saturated carbocycles. The van der Waals surface area contributed by atoms with E-state index in [1.807, 2.05) is 36.1 Å². The molecule has 1 aromatic heterocycles. The van der Waals surface area contributed by atoms with Gasteiger partial charge in [-0.05, 0) is 55.3 Å². The molecule has 0 fully saturated rings. The molecule has 0 spiro atoms. The molecule has 1 aliphatic rings. The second kappa shape index (κ2) is 5.90. The number of thiophene rings is 1. The average molecular weight is 301 g/mol. The number of aliphatic carboxylic acids is 1. The van der Waals surface area contributed by atoms with Crippen LogP contribution in [0.4, 0.5) is 5.69 Å². The van der Waals surface area contributed by atoms with Crippen molar-refractivity contribution in [3.05, 3.63) is 51.7 Å². The first-order valence-electron chi connectivity index (χ1n) is 7.26. The molecule has 4 heteroatoms. The Morgan fingerprint density at radius 2 is 2.10 bits per heavy atom. The second-order valence-corrected chi connectivity index (χ2v) is 6.57. The SMILES string of the molecule is Cc1ccc(N(CC(=O)O)C2CCCc3sccc32)cc1. The first-order chi connectivity index (χ1) is 10.1. The van der Waals surface area contributed by atoms with Crippen LogP contribution in [-0.4, -0.2) is 17.6 Å². The number of anilines is 1. The van der Waals surface area contributed by atoms with Crippen LogP contribution < -0.4 is 4.90 Å².